The summed E-state index contributed by atoms with van der Waals surface area (Å²) in [7, 11) is 1.62. The molecule has 1 aliphatic heterocycles. The molecule has 1 heterocycles. The lowest BCUT2D eigenvalue weighted by Crippen LogP contribution is -2.36. The van der Waals surface area contributed by atoms with E-state index in [0.717, 1.165) is 17.7 Å². The zero-order valence-electron chi connectivity index (χ0n) is 12.1. The average molecular weight is 284 g/mol. The fraction of sp³-hybridized carbons (Fsp3) is 0.235. The third-order valence-corrected chi connectivity index (χ3v) is 3.92. The molecule has 108 valence electrons. The minimum Gasteiger partial charge on any atom is -0.385 e. The first-order valence-electron chi connectivity index (χ1n) is 7.01. The number of nitrogens with zero attached hydrogens (tertiary/aromatic N) is 1. The van der Waals surface area contributed by atoms with Crippen molar-refractivity contribution < 1.29 is 9.18 Å². The maximum absolute atomic E-state index is 13.9. The van der Waals surface area contributed by atoms with Crippen LogP contribution in [0.25, 0.3) is 0 Å². The van der Waals surface area contributed by atoms with E-state index in [9.17, 15) is 9.18 Å². The Hall–Kier alpha value is -2.36. The molecule has 0 aromatic heterocycles. The first kappa shape index (κ1) is 13.6. The van der Waals surface area contributed by atoms with Gasteiger partial charge in [0.05, 0.1) is 11.3 Å². The molecule has 0 fully saturated rings. The Labute approximate surface area is 123 Å². The lowest BCUT2D eigenvalue weighted by Gasteiger charge is -2.24. The predicted octanol–water partition coefficient (Wildman–Crippen LogP) is 3.46. The van der Waals surface area contributed by atoms with E-state index in [1.807, 2.05) is 31.2 Å². The van der Waals surface area contributed by atoms with Gasteiger partial charge in [0.25, 0.3) is 5.91 Å². The van der Waals surface area contributed by atoms with Crippen LogP contribution >= 0.6 is 0 Å². The molecule has 0 radical (unpaired) electrons. The van der Waals surface area contributed by atoms with Crippen molar-refractivity contribution >= 4 is 17.3 Å². The van der Waals surface area contributed by atoms with Gasteiger partial charge in [-0.25, -0.2) is 4.39 Å². The summed E-state index contributed by atoms with van der Waals surface area (Å²) in [6, 6.07) is 12.5. The normalized spacial score (nSPS) is 16.7. The Morgan fingerprint density at radius 2 is 2.00 bits per heavy atom. The number of halogens is 1. The van der Waals surface area contributed by atoms with Crippen LogP contribution in [0, 0.1) is 5.82 Å². The number of fused-ring (bicyclic) bond motifs is 1. The maximum Gasteiger partial charge on any atom is 0.260 e. The molecule has 2 aromatic rings. The molecular formula is C17H17FN2O. The van der Waals surface area contributed by atoms with E-state index in [1.165, 1.54) is 6.07 Å². The van der Waals surface area contributed by atoms with Crippen LogP contribution in [-0.2, 0) is 6.42 Å². The molecule has 0 aliphatic carbocycles. The van der Waals surface area contributed by atoms with Crippen molar-refractivity contribution in [3.63, 3.8) is 0 Å². The fourth-order valence-electron chi connectivity index (χ4n) is 2.96. The van der Waals surface area contributed by atoms with Gasteiger partial charge in [-0.1, -0.05) is 24.3 Å². The summed E-state index contributed by atoms with van der Waals surface area (Å²) in [5.41, 5.74) is 2.68. The lowest BCUT2D eigenvalue weighted by atomic mass is 10.1. The number of anilines is 2. The molecule has 0 spiro atoms. The van der Waals surface area contributed by atoms with Gasteiger partial charge in [-0.15, -0.1) is 0 Å². The van der Waals surface area contributed by atoms with Crippen LogP contribution in [0.15, 0.2) is 42.5 Å². The topological polar surface area (TPSA) is 32.3 Å². The quantitative estimate of drug-likeness (QED) is 0.916. The van der Waals surface area contributed by atoms with Gasteiger partial charge in [0.15, 0.2) is 0 Å². The van der Waals surface area contributed by atoms with Crippen molar-refractivity contribution in [2.45, 2.75) is 19.4 Å². The van der Waals surface area contributed by atoms with E-state index in [1.54, 1.807) is 24.1 Å². The number of hydrogen-bond donors (Lipinski definition) is 1. The molecule has 0 saturated carbocycles. The third kappa shape index (κ3) is 2.17. The van der Waals surface area contributed by atoms with Gasteiger partial charge in [-0.3, -0.25) is 4.79 Å². The van der Waals surface area contributed by atoms with Gasteiger partial charge in [0, 0.05) is 18.8 Å². The summed E-state index contributed by atoms with van der Waals surface area (Å²) in [6.45, 7) is 2.01. The number of carbonyl (C=O) groups excluding carboxylic acids is 1. The highest BCUT2D eigenvalue weighted by atomic mass is 19.1. The Morgan fingerprint density at radius 3 is 2.76 bits per heavy atom. The number of nitrogens with one attached hydrogen (secondary N) is 1. The fourth-order valence-corrected chi connectivity index (χ4v) is 2.96. The molecule has 4 heteroatoms. The average Bonchev–Trinajstić information content (AvgIpc) is 2.82. The summed E-state index contributed by atoms with van der Waals surface area (Å²) in [5, 5.41) is 2.78. The van der Waals surface area contributed by atoms with Crippen LogP contribution in [0.4, 0.5) is 15.8 Å². The predicted molar refractivity (Wildman–Crippen MR) is 82.4 cm³/mol. The highest BCUT2D eigenvalue weighted by molar-refractivity contribution is 6.11. The Bertz CT molecular complexity index is 699. The minimum absolute atomic E-state index is 0.0721. The lowest BCUT2D eigenvalue weighted by molar-refractivity contribution is 0.0982. The second kappa shape index (κ2) is 5.20. The Balaban J connectivity index is 2.06. The van der Waals surface area contributed by atoms with Crippen LogP contribution in [0.5, 0.6) is 0 Å². The molecule has 1 atom stereocenters. The monoisotopic (exact) mass is 284 g/mol. The zero-order chi connectivity index (χ0) is 15.0. The largest absolute Gasteiger partial charge is 0.385 e. The number of benzene rings is 2. The van der Waals surface area contributed by atoms with Gasteiger partial charge in [0.1, 0.15) is 5.82 Å². The minimum atomic E-state index is -0.413. The molecule has 1 unspecified atom stereocenters. The first-order chi connectivity index (χ1) is 10.1. The van der Waals surface area contributed by atoms with Crippen molar-refractivity contribution in [3.8, 4) is 0 Å². The number of para-hydroxylation sites is 2. The molecule has 2 aromatic carbocycles. The van der Waals surface area contributed by atoms with Crippen molar-refractivity contribution in [2.75, 3.05) is 17.3 Å². The summed E-state index contributed by atoms with van der Waals surface area (Å²) < 4.78 is 13.9. The van der Waals surface area contributed by atoms with Crippen molar-refractivity contribution in [1.82, 2.24) is 0 Å². The molecule has 1 aliphatic rings. The van der Waals surface area contributed by atoms with Crippen LogP contribution < -0.4 is 10.2 Å². The molecular weight excluding hydrogens is 267 g/mol. The van der Waals surface area contributed by atoms with Crippen molar-refractivity contribution in [2.24, 2.45) is 0 Å². The molecule has 0 bridgehead atoms. The zero-order valence-corrected chi connectivity index (χ0v) is 12.1. The van der Waals surface area contributed by atoms with Crippen LogP contribution in [-0.4, -0.2) is 19.0 Å². The summed E-state index contributed by atoms with van der Waals surface area (Å²) in [4.78, 5) is 14.6. The standard InChI is InChI=1S/C17H17FN2O/c1-11-10-12-6-3-4-9-15(12)20(11)17(21)13-7-5-8-14(18)16(13)19-2/h3-9,11,19H,10H2,1-2H3. The summed E-state index contributed by atoms with van der Waals surface area (Å²) >= 11 is 0. The molecule has 3 rings (SSSR count). The number of carbonyl (C=O) groups is 1. The van der Waals surface area contributed by atoms with E-state index in [4.69, 9.17) is 0 Å². The van der Waals surface area contributed by atoms with Gasteiger partial charge >= 0.3 is 0 Å². The van der Waals surface area contributed by atoms with E-state index in [2.05, 4.69) is 5.32 Å². The molecule has 21 heavy (non-hydrogen) atoms. The van der Waals surface area contributed by atoms with E-state index in [-0.39, 0.29) is 17.6 Å². The number of hydrogen-bond acceptors (Lipinski definition) is 2. The SMILES string of the molecule is CNc1c(F)cccc1C(=O)N1c2ccccc2CC1C. The Kier molecular flexibility index (Phi) is 3.37. The van der Waals surface area contributed by atoms with Crippen molar-refractivity contribution in [1.29, 1.82) is 0 Å². The van der Waals surface area contributed by atoms with Gasteiger partial charge in [-0.2, -0.15) is 0 Å². The number of rotatable bonds is 2. The first-order valence-corrected chi connectivity index (χ1v) is 7.01. The number of amides is 1. The van der Waals surface area contributed by atoms with Gasteiger partial charge in [-0.05, 0) is 37.1 Å². The van der Waals surface area contributed by atoms with Crippen LogP contribution in [0.1, 0.15) is 22.8 Å². The van der Waals surface area contributed by atoms with Crippen molar-refractivity contribution in [3.05, 3.63) is 59.4 Å². The second-order valence-corrected chi connectivity index (χ2v) is 5.27. The van der Waals surface area contributed by atoms with Gasteiger partial charge < -0.3 is 10.2 Å². The summed E-state index contributed by atoms with van der Waals surface area (Å²) in [6.07, 6.45) is 0.826. The molecule has 1 amide bonds. The Morgan fingerprint density at radius 1 is 1.24 bits per heavy atom. The maximum atomic E-state index is 13.9. The highest BCUT2D eigenvalue weighted by Crippen LogP contribution is 2.34. The molecule has 3 nitrogen and oxygen atoms in total. The van der Waals surface area contributed by atoms with Crippen LogP contribution in [0.2, 0.25) is 0 Å². The van der Waals surface area contributed by atoms with E-state index in [0.29, 0.717) is 5.56 Å². The van der Waals surface area contributed by atoms with E-state index >= 15 is 0 Å². The smallest absolute Gasteiger partial charge is 0.260 e. The van der Waals surface area contributed by atoms with E-state index < -0.39 is 5.82 Å². The van der Waals surface area contributed by atoms with Gasteiger partial charge in [0.2, 0.25) is 0 Å². The molecule has 1 N–H and O–H groups in total. The third-order valence-electron chi connectivity index (χ3n) is 3.92. The highest BCUT2D eigenvalue weighted by Gasteiger charge is 2.32. The second-order valence-electron chi connectivity index (χ2n) is 5.27. The molecule has 0 saturated heterocycles. The summed E-state index contributed by atoms with van der Waals surface area (Å²) in [5.74, 6) is -0.584. The van der Waals surface area contributed by atoms with Crippen LogP contribution in [0.3, 0.4) is 0 Å².